The minimum absolute atomic E-state index is 0.146. The lowest BCUT2D eigenvalue weighted by Gasteiger charge is -2.15. The van der Waals surface area contributed by atoms with E-state index in [2.05, 4.69) is 9.84 Å². The van der Waals surface area contributed by atoms with Crippen LogP contribution in [0.25, 0.3) is 10.2 Å². The molecule has 0 saturated heterocycles. The highest BCUT2D eigenvalue weighted by atomic mass is 32.1. The second kappa shape index (κ2) is 7.87. The molecule has 3 rings (SSSR count). The van der Waals surface area contributed by atoms with Gasteiger partial charge in [0.2, 0.25) is 0 Å². The molecule has 0 atom stereocenters. The maximum absolute atomic E-state index is 13.1. The van der Waals surface area contributed by atoms with Gasteiger partial charge in [-0.1, -0.05) is 12.1 Å². The maximum Gasteiger partial charge on any atom is 0.307 e. The third-order valence-corrected chi connectivity index (χ3v) is 5.43. The van der Waals surface area contributed by atoms with E-state index in [1.165, 1.54) is 35.5 Å². The van der Waals surface area contributed by atoms with Crippen LogP contribution in [-0.2, 0) is 16.1 Å². The molecule has 1 aromatic carbocycles. The number of aromatic nitrogens is 2. The average Bonchev–Trinajstić information content (AvgIpc) is 3.22. The Morgan fingerprint density at radius 1 is 1.30 bits per heavy atom. The first-order valence-corrected chi connectivity index (χ1v) is 9.24. The molecule has 0 aliphatic rings. The first-order chi connectivity index (χ1) is 12.9. The molecule has 0 fully saturated rings. The Morgan fingerprint density at radius 3 is 2.67 bits per heavy atom. The first kappa shape index (κ1) is 19.0. The van der Waals surface area contributed by atoms with E-state index >= 15 is 0 Å². The number of ether oxygens (including phenoxy) is 1. The summed E-state index contributed by atoms with van der Waals surface area (Å²) in [5, 5.41) is 5.45. The number of nitrogens with zero attached hydrogens (tertiary/aromatic N) is 3. The van der Waals surface area contributed by atoms with Crippen molar-refractivity contribution in [1.82, 2.24) is 14.7 Å². The maximum atomic E-state index is 13.1. The van der Waals surface area contributed by atoms with Gasteiger partial charge in [0.25, 0.3) is 5.91 Å². The topological polar surface area (TPSA) is 64.4 Å². The van der Waals surface area contributed by atoms with Crippen LogP contribution in [0.5, 0.6) is 0 Å². The molecule has 3 aromatic rings. The number of rotatable bonds is 6. The van der Waals surface area contributed by atoms with Gasteiger partial charge in [-0.15, -0.1) is 11.3 Å². The van der Waals surface area contributed by atoms with E-state index in [4.69, 9.17) is 0 Å². The van der Waals surface area contributed by atoms with Gasteiger partial charge in [0, 0.05) is 19.0 Å². The Morgan fingerprint density at radius 2 is 2.00 bits per heavy atom. The molecule has 6 nitrogen and oxygen atoms in total. The molecule has 2 heterocycles. The second-order valence-electron chi connectivity index (χ2n) is 6.25. The lowest BCUT2D eigenvalue weighted by Crippen LogP contribution is -2.28. The predicted molar refractivity (Wildman–Crippen MR) is 101 cm³/mol. The number of carbonyl (C=O) groups is 2. The van der Waals surface area contributed by atoms with Crippen LogP contribution >= 0.6 is 11.3 Å². The molecule has 1 amide bonds. The van der Waals surface area contributed by atoms with Crippen molar-refractivity contribution in [2.45, 2.75) is 19.9 Å². The van der Waals surface area contributed by atoms with E-state index in [-0.39, 0.29) is 24.1 Å². The molecular formula is C19H20FN3O3S. The van der Waals surface area contributed by atoms with Crippen LogP contribution in [0, 0.1) is 12.7 Å². The lowest BCUT2D eigenvalue weighted by atomic mass is 10.2. The minimum Gasteiger partial charge on any atom is -0.469 e. The molecule has 27 heavy (non-hydrogen) atoms. The normalized spacial score (nSPS) is 11.0. The Bertz CT molecular complexity index is 978. The van der Waals surface area contributed by atoms with Crippen LogP contribution in [0.2, 0.25) is 0 Å². The summed E-state index contributed by atoms with van der Waals surface area (Å²) in [5.74, 6) is -0.774. The molecule has 0 spiro atoms. The van der Waals surface area contributed by atoms with E-state index in [0.717, 1.165) is 21.5 Å². The number of aryl methyl sites for hydroxylation is 1. The van der Waals surface area contributed by atoms with Gasteiger partial charge in [0.15, 0.2) is 0 Å². The number of fused-ring (bicyclic) bond motifs is 1. The fraction of sp³-hybridized carbons (Fsp3) is 0.316. The zero-order valence-corrected chi connectivity index (χ0v) is 16.2. The third kappa shape index (κ3) is 4.16. The lowest BCUT2D eigenvalue weighted by molar-refractivity contribution is -0.140. The summed E-state index contributed by atoms with van der Waals surface area (Å²) < 4.78 is 19.5. The third-order valence-electron chi connectivity index (χ3n) is 4.29. The van der Waals surface area contributed by atoms with Gasteiger partial charge < -0.3 is 9.64 Å². The molecule has 0 unspecified atom stereocenters. The SMILES string of the molecule is COC(=O)CCN(C)C(=O)c1cc2c(C)nn(Cc3ccc(F)cc3)c2s1. The summed E-state index contributed by atoms with van der Waals surface area (Å²) >= 11 is 1.36. The predicted octanol–water partition coefficient (Wildman–Crippen LogP) is 3.23. The molecule has 8 heteroatoms. The van der Waals surface area contributed by atoms with Crippen molar-refractivity contribution in [3.63, 3.8) is 0 Å². The zero-order chi connectivity index (χ0) is 19.6. The number of hydrogen-bond acceptors (Lipinski definition) is 5. The summed E-state index contributed by atoms with van der Waals surface area (Å²) in [6, 6.07) is 8.11. The van der Waals surface area contributed by atoms with Gasteiger partial charge in [-0.3, -0.25) is 14.3 Å². The zero-order valence-electron chi connectivity index (χ0n) is 15.4. The van der Waals surface area contributed by atoms with Gasteiger partial charge >= 0.3 is 5.97 Å². The van der Waals surface area contributed by atoms with Crippen molar-refractivity contribution in [2.75, 3.05) is 20.7 Å². The fourth-order valence-electron chi connectivity index (χ4n) is 2.74. The fourth-order valence-corrected chi connectivity index (χ4v) is 3.89. The number of amides is 1. The molecule has 0 radical (unpaired) electrons. The summed E-state index contributed by atoms with van der Waals surface area (Å²) in [6.45, 7) is 2.68. The number of thiophene rings is 1. The highest BCUT2D eigenvalue weighted by molar-refractivity contribution is 7.20. The van der Waals surface area contributed by atoms with Crippen molar-refractivity contribution in [3.05, 3.63) is 52.3 Å². The van der Waals surface area contributed by atoms with Gasteiger partial charge in [0.05, 0.1) is 30.6 Å². The summed E-state index contributed by atoms with van der Waals surface area (Å²) in [5.41, 5.74) is 1.76. The molecule has 0 saturated carbocycles. The van der Waals surface area contributed by atoms with Crippen molar-refractivity contribution < 1.29 is 18.7 Å². The van der Waals surface area contributed by atoms with Crippen molar-refractivity contribution in [2.24, 2.45) is 0 Å². The Balaban J connectivity index is 1.81. The van der Waals surface area contributed by atoms with Crippen LogP contribution in [0.15, 0.2) is 30.3 Å². The van der Waals surface area contributed by atoms with E-state index in [9.17, 15) is 14.0 Å². The first-order valence-electron chi connectivity index (χ1n) is 8.42. The number of methoxy groups -OCH3 is 1. The van der Waals surface area contributed by atoms with Gasteiger partial charge in [-0.25, -0.2) is 4.39 Å². The van der Waals surface area contributed by atoms with Crippen LogP contribution < -0.4 is 0 Å². The monoisotopic (exact) mass is 389 g/mol. The van der Waals surface area contributed by atoms with Crippen molar-refractivity contribution in [3.8, 4) is 0 Å². The smallest absolute Gasteiger partial charge is 0.307 e. The van der Waals surface area contributed by atoms with E-state index in [0.29, 0.717) is 18.0 Å². The number of carbonyl (C=O) groups excluding carboxylic acids is 2. The average molecular weight is 389 g/mol. The largest absolute Gasteiger partial charge is 0.469 e. The van der Waals surface area contributed by atoms with Gasteiger partial charge in [-0.05, 0) is 30.7 Å². The number of esters is 1. The molecule has 0 aliphatic carbocycles. The summed E-state index contributed by atoms with van der Waals surface area (Å²) in [7, 11) is 2.99. The molecule has 0 N–H and O–H groups in total. The van der Waals surface area contributed by atoms with Crippen LogP contribution in [0.4, 0.5) is 4.39 Å². The Hall–Kier alpha value is -2.74. The molecular weight excluding hydrogens is 369 g/mol. The quantitative estimate of drug-likeness (QED) is 0.607. The summed E-state index contributed by atoms with van der Waals surface area (Å²) in [6.07, 6.45) is 0.154. The van der Waals surface area contributed by atoms with Crippen molar-refractivity contribution >= 4 is 33.4 Å². The standard InChI is InChI=1S/C19H20FN3O3S/c1-12-15-10-16(18(25)22(2)9-8-17(24)26-3)27-19(15)23(21-12)11-13-4-6-14(20)7-5-13/h4-7,10H,8-9,11H2,1-3H3. The molecule has 0 bridgehead atoms. The number of hydrogen-bond donors (Lipinski definition) is 0. The minimum atomic E-state index is -0.350. The Labute approximate surface area is 160 Å². The van der Waals surface area contributed by atoms with Crippen LogP contribution in [-0.4, -0.2) is 47.3 Å². The highest BCUT2D eigenvalue weighted by Crippen LogP contribution is 2.29. The van der Waals surface area contributed by atoms with Crippen molar-refractivity contribution in [1.29, 1.82) is 0 Å². The molecule has 2 aromatic heterocycles. The highest BCUT2D eigenvalue weighted by Gasteiger charge is 2.19. The van der Waals surface area contributed by atoms with Gasteiger partial charge in [-0.2, -0.15) is 5.10 Å². The molecule has 0 aliphatic heterocycles. The van der Waals surface area contributed by atoms with Crippen LogP contribution in [0.3, 0.4) is 0 Å². The molecule has 142 valence electrons. The van der Waals surface area contributed by atoms with E-state index < -0.39 is 0 Å². The Kier molecular flexibility index (Phi) is 5.55. The van der Waals surface area contributed by atoms with Gasteiger partial charge in [0.1, 0.15) is 10.6 Å². The number of halogens is 1. The van der Waals surface area contributed by atoms with E-state index in [1.54, 1.807) is 19.2 Å². The summed E-state index contributed by atoms with van der Waals surface area (Å²) in [4.78, 5) is 26.9. The number of benzene rings is 1. The van der Waals surface area contributed by atoms with E-state index in [1.807, 2.05) is 17.7 Å². The second-order valence-corrected chi connectivity index (χ2v) is 7.28. The van der Waals surface area contributed by atoms with Crippen LogP contribution in [0.1, 0.15) is 27.3 Å².